The summed E-state index contributed by atoms with van der Waals surface area (Å²) in [6.07, 6.45) is 0. The van der Waals surface area contributed by atoms with Gasteiger partial charge in [0.1, 0.15) is 0 Å². The summed E-state index contributed by atoms with van der Waals surface area (Å²) in [5.41, 5.74) is 3.70. The molecule has 0 fully saturated rings. The van der Waals surface area contributed by atoms with Gasteiger partial charge in [-0.2, -0.15) is 0 Å². The molecular formula is C26H17N. The van der Waals surface area contributed by atoms with E-state index in [0.717, 1.165) is 0 Å². The lowest BCUT2D eigenvalue weighted by molar-refractivity contribution is 1.18. The highest BCUT2D eigenvalue weighted by molar-refractivity contribution is 6.18. The number of benzene rings is 5. The molecule has 0 aliphatic rings. The molecular weight excluding hydrogens is 326 g/mol. The molecule has 0 spiro atoms. The van der Waals surface area contributed by atoms with E-state index < -0.39 is 0 Å². The molecule has 27 heavy (non-hydrogen) atoms. The molecule has 0 atom stereocenters. The van der Waals surface area contributed by atoms with Crippen LogP contribution in [0.5, 0.6) is 0 Å². The Morgan fingerprint density at radius 3 is 2.00 bits per heavy atom. The van der Waals surface area contributed by atoms with E-state index in [2.05, 4.69) is 108 Å². The van der Waals surface area contributed by atoms with Crippen LogP contribution in [0.1, 0.15) is 0 Å². The van der Waals surface area contributed by atoms with Crippen molar-refractivity contribution in [1.82, 2.24) is 4.57 Å². The zero-order chi connectivity index (χ0) is 17.8. The third-order valence-corrected chi connectivity index (χ3v) is 5.55. The van der Waals surface area contributed by atoms with E-state index in [1.165, 1.54) is 49.0 Å². The minimum atomic E-state index is 1.20. The second-order valence-electron chi connectivity index (χ2n) is 7.07. The molecule has 0 saturated heterocycles. The molecule has 1 nitrogen and oxygen atoms in total. The molecule has 0 amide bonds. The second-order valence-corrected chi connectivity index (χ2v) is 7.07. The monoisotopic (exact) mass is 343 g/mol. The van der Waals surface area contributed by atoms with Gasteiger partial charge in [-0.25, -0.2) is 0 Å². The van der Waals surface area contributed by atoms with Gasteiger partial charge in [-0.05, 0) is 51.9 Å². The number of para-hydroxylation sites is 2. The number of hydrogen-bond donors (Lipinski definition) is 0. The van der Waals surface area contributed by atoms with Crippen molar-refractivity contribution < 1.29 is 0 Å². The summed E-state index contributed by atoms with van der Waals surface area (Å²) >= 11 is 0. The Hall–Kier alpha value is -3.58. The third kappa shape index (κ3) is 2.06. The van der Waals surface area contributed by atoms with E-state index in [0.29, 0.717) is 0 Å². The lowest BCUT2D eigenvalue weighted by Crippen LogP contribution is -1.92. The van der Waals surface area contributed by atoms with Crippen molar-refractivity contribution in [1.29, 1.82) is 0 Å². The molecule has 1 heterocycles. The van der Waals surface area contributed by atoms with Crippen molar-refractivity contribution in [3.8, 4) is 5.69 Å². The summed E-state index contributed by atoms with van der Waals surface area (Å²) in [6, 6.07) is 37.1. The molecule has 1 aromatic heterocycles. The van der Waals surface area contributed by atoms with Crippen molar-refractivity contribution in [2.75, 3.05) is 0 Å². The van der Waals surface area contributed by atoms with Gasteiger partial charge in [0.15, 0.2) is 0 Å². The van der Waals surface area contributed by atoms with Crippen LogP contribution >= 0.6 is 0 Å². The van der Waals surface area contributed by atoms with Gasteiger partial charge in [0.2, 0.25) is 0 Å². The van der Waals surface area contributed by atoms with Gasteiger partial charge in [-0.1, -0.05) is 72.8 Å². The van der Waals surface area contributed by atoms with Crippen LogP contribution in [0.4, 0.5) is 0 Å². The maximum Gasteiger partial charge on any atom is 0.0547 e. The van der Waals surface area contributed by atoms with Gasteiger partial charge < -0.3 is 4.57 Å². The summed E-state index contributed by atoms with van der Waals surface area (Å²) in [6.45, 7) is 0. The van der Waals surface area contributed by atoms with Gasteiger partial charge in [0, 0.05) is 16.5 Å². The van der Waals surface area contributed by atoms with Crippen molar-refractivity contribution in [3.63, 3.8) is 0 Å². The predicted octanol–water partition coefficient (Wildman–Crippen LogP) is 7.09. The Bertz CT molecular complexity index is 1460. The number of aromatic nitrogens is 1. The van der Waals surface area contributed by atoms with E-state index in [4.69, 9.17) is 0 Å². The standard InChI is InChI=1S/C26H17N/c1-2-9-20(10-3-1)27-25-13-7-6-12-22(25)24-17-23-19(16-26(24)27)15-14-18-8-4-5-11-21(18)23/h1-17H. The van der Waals surface area contributed by atoms with Crippen LogP contribution in [-0.4, -0.2) is 4.57 Å². The molecule has 6 rings (SSSR count). The van der Waals surface area contributed by atoms with E-state index in [1.54, 1.807) is 0 Å². The van der Waals surface area contributed by atoms with Crippen LogP contribution in [0.15, 0.2) is 103 Å². The van der Waals surface area contributed by atoms with Crippen LogP contribution in [-0.2, 0) is 0 Å². The fourth-order valence-corrected chi connectivity index (χ4v) is 4.32. The first-order valence-electron chi connectivity index (χ1n) is 9.30. The number of hydrogen-bond acceptors (Lipinski definition) is 0. The third-order valence-electron chi connectivity index (χ3n) is 5.55. The van der Waals surface area contributed by atoms with E-state index in [1.807, 2.05) is 0 Å². The zero-order valence-corrected chi connectivity index (χ0v) is 14.8. The van der Waals surface area contributed by atoms with Crippen LogP contribution in [0.2, 0.25) is 0 Å². The maximum atomic E-state index is 2.37. The highest BCUT2D eigenvalue weighted by Crippen LogP contribution is 2.36. The molecule has 0 aliphatic heterocycles. The fraction of sp³-hybridized carbons (Fsp3) is 0. The predicted molar refractivity (Wildman–Crippen MR) is 116 cm³/mol. The van der Waals surface area contributed by atoms with Gasteiger partial charge in [0.05, 0.1) is 11.0 Å². The zero-order valence-electron chi connectivity index (χ0n) is 14.8. The molecule has 0 radical (unpaired) electrons. The summed E-state index contributed by atoms with van der Waals surface area (Å²) < 4.78 is 2.37. The largest absolute Gasteiger partial charge is 0.309 e. The minimum absolute atomic E-state index is 1.20. The van der Waals surface area contributed by atoms with Gasteiger partial charge >= 0.3 is 0 Å². The van der Waals surface area contributed by atoms with Gasteiger partial charge in [-0.3, -0.25) is 0 Å². The summed E-state index contributed by atoms with van der Waals surface area (Å²) in [7, 11) is 0. The van der Waals surface area contributed by atoms with E-state index in [9.17, 15) is 0 Å². The van der Waals surface area contributed by atoms with Crippen molar-refractivity contribution >= 4 is 43.4 Å². The normalized spacial score (nSPS) is 11.7. The molecule has 0 N–H and O–H groups in total. The highest BCUT2D eigenvalue weighted by Gasteiger charge is 2.13. The first-order chi connectivity index (χ1) is 13.4. The molecule has 0 saturated carbocycles. The Morgan fingerprint density at radius 1 is 0.407 bits per heavy atom. The first-order valence-corrected chi connectivity index (χ1v) is 9.30. The summed E-state index contributed by atoms with van der Waals surface area (Å²) in [4.78, 5) is 0. The van der Waals surface area contributed by atoms with Gasteiger partial charge in [-0.15, -0.1) is 0 Å². The minimum Gasteiger partial charge on any atom is -0.309 e. The SMILES string of the molecule is c1ccc(-n2c3ccccc3c3cc4c(ccc5ccccc54)cc32)cc1. The van der Waals surface area contributed by atoms with Crippen LogP contribution in [0.3, 0.4) is 0 Å². The Labute approximate surface area is 157 Å². The van der Waals surface area contributed by atoms with Gasteiger partial charge in [0.25, 0.3) is 0 Å². The molecule has 0 bridgehead atoms. The van der Waals surface area contributed by atoms with E-state index >= 15 is 0 Å². The van der Waals surface area contributed by atoms with Crippen LogP contribution in [0.25, 0.3) is 49.0 Å². The summed E-state index contributed by atoms with van der Waals surface area (Å²) in [5, 5.41) is 7.80. The molecule has 0 unspecified atom stereocenters. The molecule has 0 aliphatic carbocycles. The highest BCUT2D eigenvalue weighted by atomic mass is 15.0. The van der Waals surface area contributed by atoms with E-state index in [-0.39, 0.29) is 0 Å². The maximum absolute atomic E-state index is 2.37. The Morgan fingerprint density at radius 2 is 1.11 bits per heavy atom. The van der Waals surface area contributed by atoms with Crippen LogP contribution in [0, 0.1) is 0 Å². The number of nitrogens with zero attached hydrogens (tertiary/aromatic N) is 1. The average Bonchev–Trinajstić information content (AvgIpc) is 3.06. The summed E-state index contributed by atoms with van der Waals surface area (Å²) in [5.74, 6) is 0. The second kappa shape index (κ2) is 5.46. The lowest BCUT2D eigenvalue weighted by Gasteiger charge is -2.09. The topological polar surface area (TPSA) is 4.93 Å². The number of fused-ring (bicyclic) bond motifs is 6. The van der Waals surface area contributed by atoms with Crippen molar-refractivity contribution in [2.45, 2.75) is 0 Å². The molecule has 5 aromatic carbocycles. The van der Waals surface area contributed by atoms with Crippen LogP contribution < -0.4 is 0 Å². The first kappa shape index (κ1) is 14.6. The van der Waals surface area contributed by atoms with Crippen molar-refractivity contribution in [3.05, 3.63) is 103 Å². The lowest BCUT2D eigenvalue weighted by atomic mass is 10.00. The Kier molecular flexibility index (Phi) is 2.95. The fourth-order valence-electron chi connectivity index (χ4n) is 4.32. The average molecular weight is 343 g/mol. The molecule has 6 aromatic rings. The molecule has 1 heteroatoms. The Balaban J connectivity index is 1.85. The quantitative estimate of drug-likeness (QED) is 0.281. The smallest absolute Gasteiger partial charge is 0.0547 e. The van der Waals surface area contributed by atoms with Crippen molar-refractivity contribution in [2.24, 2.45) is 0 Å². The number of rotatable bonds is 1. The molecule has 126 valence electrons.